The van der Waals surface area contributed by atoms with Crippen molar-refractivity contribution < 1.29 is 28.5 Å². The summed E-state index contributed by atoms with van der Waals surface area (Å²) in [6.45, 7) is 2.98. The molecule has 1 fully saturated rings. The number of esters is 2. The van der Waals surface area contributed by atoms with E-state index in [4.69, 9.17) is 18.9 Å². The summed E-state index contributed by atoms with van der Waals surface area (Å²) in [4.78, 5) is 23.8. The second-order valence-electron chi connectivity index (χ2n) is 4.82. The van der Waals surface area contributed by atoms with Crippen LogP contribution in [0.2, 0.25) is 0 Å². The zero-order valence-corrected chi connectivity index (χ0v) is 12.3. The monoisotopic (exact) mass is 292 g/mol. The van der Waals surface area contributed by atoms with Crippen molar-refractivity contribution in [2.45, 2.75) is 19.6 Å². The Morgan fingerprint density at radius 1 is 1.05 bits per heavy atom. The predicted molar refractivity (Wildman–Crippen MR) is 73.8 cm³/mol. The fourth-order valence-electron chi connectivity index (χ4n) is 1.96. The number of carbonyl (C=O) groups excluding carboxylic acids is 2. The van der Waals surface area contributed by atoms with E-state index in [0.717, 1.165) is 0 Å². The molecule has 1 aliphatic rings. The van der Waals surface area contributed by atoms with E-state index in [1.165, 1.54) is 34.1 Å². The maximum Gasteiger partial charge on any atom is 0.348 e. The molecule has 21 heavy (non-hydrogen) atoms. The SMILES string of the molecule is COc1cccc(C=C2C(=O)OC(C)(C)OC2=O)c1OC. The molecule has 6 heteroatoms. The molecular weight excluding hydrogens is 276 g/mol. The van der Waals surface area contributed by atoms with Crippen LogP contribution in [0.4, 0.5) is 0 Å². The highest BCUT2D eigenvalue weighted by atomic mass is 16.7. The van der Waals surface area contributed by atoms with Crippen LogP contribution < -0.4 is 9.47 Å². The van der Waals surface area contributed by atoms with Crippen molar-refractivity contribution in [1.82, 2.24) is 0 Å². The number of hydrogen-bond acceptors (Lipinski definition) is 6. The molecule has 0 atom stereocenters. The molecule has 1 saturated heterocycles. The third-order valence-electron chi connectivity index (χ3n) is 2.85. The van der Waals surface area contributed by atoms with Crippen LogP contribution >= 0.6 is 0 Å². The maximum atomic E-state index is 11.9. The molecule has 0 saturated carbocycles. The first-order valence-electron chi connectivity index (χ1n) is 6.27. The van der Waals surface area contributed by atoms with Crippen molar-refractivity contribution in [3.8, 4) is 11.5 Å². The molecule has 0 spiro atoms. The molecule has 0 amide bonds. The molecule has 1 heterocycles. The Kier molecular flexibility index (Phi) is 3.88. The number of para-hydroxylation sites is 1. The van der Waals surface area contributed by atoms with Crippen LogP contribution in [-0.2, 0) is 19.1 Å². The lowest BCUT2D eigenvalue weighted by Gasteiger charge is -2.29. The minimum absolute atomic E-state index is 0.194. The van der Waals surface area contributed by atoms with Crippen LogP contribution in [0.1, 0.15) is 19.4 Å². The standard InChI is InChI=1S/C15H16O6/c1-15(2)20-13(16)10(14(17)21-15)8-9-6-5-7-11(18-3)12(9)19-4/h5-8H,1-4H3. The maximum absolute atomic E-state index is 11.9. The van der Waals surface area contributed by atoms with E-state index >= 15 is 0 Å². The zero-order chi connectivity index (χ0) is 15.6. The molecule has 1 aromatic rings. The minimum Gasteiger partial charge on any atom is -0.493 e. The number of carbonyl (C=O) groups is 2. The van der Waals surface area contributed by atoms with Gasteiger partial charge >= 0.3 is 11.9 Å². The lowest BCUT2D eigenvalue weighted by Crippen LogP contribution is -2.41. The number of benzene rings is 1. The van der Waals surface area contributed by atoms with Gasteiger partial charge in [0, 0.05) is 19.4 Å². The Bertz CT molecular complexity index is 593. The number of hydrogen-bond donors (Lipinski definition) is 0. The highest BCUT2D eigenvalue weighted by Gasteiger charge is 2.39. The van der Waals surface area contributed by atoms with E-state index in [0.29, 0.717) is 17.1 Å². The van der Waals surface area contributed by atoms with Gasteiger partial charge in [-0.05, 0) is 12.1 Å². The molecule has 0 bridgehead atoms. The first kappa shape index (κ1) is 14.9. The summed E-state index contributed by atoms with van der Waals surface area (Å²) in [5, 5.41) is 0. The van der Waals surface area contributed by atoms with Gasteiger partial charge in [0.15, 0.2) is 11.5 Å². The van der Waals surface area contributed by atoms with Crippen LogP contribution in [0, 0.1) is 0 Å². The Hall–Kier alpha value is -2.50. The van der Waals surface area contributed by atoms with E-state index in [2.05, 4.69) is 0 Å². The highest BCUT2D eigenvalue weighted by molar-refractivity contribution is 6.19. The van der Waals surface area contributed by atoms with E-state index in [1.54, 1.807) is 18.2 Å². The second-order valence-corrected chi connectivity index (χ2v) is 4.82. The van der Waals surface area contributed by atoms with Gasteiger partial charge < -0.3 is 18.9 Å². The van der Waals surface area contributed by atoms with Crippen molar-refractivity contribution in [2.75, 3.05) is 14.2 Å². The smallest absolute Gasteiger partial charge is 0.348 e. The van der Waals surface area contributed by atoms with Gasteiger partial charge in [0.05, 0.1) is 14.2 Å². The van der Waals surface area contributed by atoms with Gasteiger partial charge in [-0.1, -0.05) is 12.1 Å². The first-order valence-corrected chi connectivity index (χ1v) is 6.27. The van der Waals surface area contributed by atoms with E-state index in [1.807, 2.05) is 0 Å². The van der Waals surface area contributed by atoms with Crippen molar-refractivity contribution in [2.24, 2.45) is 0 Å². The molecule has 2 rings (SSSR count). The average molecular weight is 292 g/mol. The third kappa shape index (κ3) is 2.99. The van der Waals surface area contributed by atoms with Crippen LogP contribution in [0.5, 0.6) is 11.5 Å². The van der Waals surface area contributed by atoms with Crippen LogP contribution in [0.25, 0.3) is 6.08 Å². The van der Waals surface area contributed by atoms with Crippen molar-refractivity contribution in [1.29, 1.82) is 0 Å². The van der Waals surface area contributed by atoms with Crippen molar-refractivity contribution in [3.63, 3.8) is 0 Å². The molecular formula is C15H16O6. The third-order valence-corrected chi connectivity index (χ3v) is 2.85. The second kappa shape index (κ2) is 5.47. The van der Waals surface area contributed by atoms with E-state index < -0.39 is 17.7 Å². The van der Waals surface area contributed by atoms with Gasteiger partial charge in [0.2, 0.25) is 0 Å². The molecule has 6 nitrogen and oxygen atoms in total. The average Bonchev–Trinajstić information content (AvgIpc) is 2.41. The molecule has 112 valence electrons. The summed E-state index contributed by atoms with van der Waals surface area (Å²) in [7, 11) is 2.97. The van der Waals surface area contributed by atoms with Gasteiger partial charge in [0.1, 0.15) is 5.57 Å². The fourth-order valence-corrected chi connectivity index (χ4v) is 1.96. The van der Waals surface area contributed by atoms with Crippen molar-refractivity contribution in [3.05, 3.63) is 29.3 Å². The topological polar surface area (TPSA) is 71.1 Å². The number of rotatable bonds is 3. The first-order chi connectivity index (χ1) is 9.88. The number of ether oxygens (including phenoxy) is 4. The molecule has 0 unspecified atom stereocenters. The normalized spacial score (nSPS) is 16.9. The Morgan fingerprint density at radius 2 is 1.67 bits per heavy atom. The molecule has 1 aliphatic heterocycles. The molecule has 0 N–H and O–H groups in total. The lowest BCUT2D eigenvalue weighted by atomic mass is 10.1. The van der Waals surface area contributed by atoms with Gasteiger partial charge in [-0.2, -0.15) is 0 Å². The summed E-state index contributed by atoms with van der Waals surface area (Å²) in [5.74, 6) is -1.82. The van der Waals surface area contributed by atoms with E-state index in [9.17, 15) is 9.59 Å². The quantitative estimate of drug-likeness (QED) is 0.481. The molecule has 0 aromatic heterocycles. The van der Waals surface area contributed by atoms with Gasteiger partial charge in [-0.3, -0.25) is 0 Å². The van der Waals surface area contributed by atoms with Crippen LogP contribution in [-0.4, -0.2) is 31.9 Å². The molecule has 0 radical (unpaired) electrons. The van der Waals surface area contributed by atoms with Gasteiger partial charge in [-0.25, -0.2) is 9.59 Å². The fraction of sp³-hybridized carbons (Fsp3) is 0.333. The Balaban J connectivity index is 2.45. The number of methoxy groups -OCH3 is 2. The highest BCUT2D eigenvalue weighted by Crippen LogP contribution is 2.33. The Morgan fingerprint density at radius 3 is 2.19 bits per heavy atom. The minimum atomic E-state index is -1.26. The lowest BCUT2D eigenvalue weighted by molar-refractivity contribution is -0.222. The largest absolute Gasteiger partial charge is 0.493 e. The predicted octanol–water partition coefficient (Wildman–Crippen LogP) is 1.92. The van der Waals surface area contributed by atoms with Crippen LogP contribution in [0.3, 0.4) is 0 Å². The van der Waals surface area contributed by atoms with E-state index in [-0.39, 0.29) is 5.57 Å². The number of cyclic esters (lactones) is 2. The van der Waals surface area contributed by atoms with Gasteiger partial charge in [0.25, 0.3) is 5.79 Å². The molecule has 0 aliphatic carbocycles. The summed E-state index contributed by atoms with van der Waals surface area (Å²) in [6, 6.07) is 5.12. The van der Waals surface area contributed by atoms with Crippen molar-refractivity contribution >= 4 is 18.0 Å². The summed E-state index contributed by atoms with van der Waals surface area (Å²) in [5.41, 5.74) is 0.321. The zero-order valence-electron chi connectivity index (χ0n) is 12.3. The summed E-state index contributed by atoms with van der Waals surface area (Å²) in [6.07, 6.45) is 1.36. The summed E-state index contributed by atoms with van der Waals surface area (Å²) < 4.78 is 20.5. The van der Waals surface area contributed by atoms with Gasteiger partial charge in [-0.15, -0.1) is 0 Å². The molecule has 1 aromatic carbocycles. The van der Waals surface area contributed by atoms with Crippen LogP contribution in [0.15, 0.2) is 23.8 Å². The Labute approximate surface area is 122 Å². The summed E-state index contributed by atoms with van der Waals surface area (Å²) >= 11 is 0.